The summed E-state index contributed by atoms with van der Waals surface area (Å²) in [5.41, 5.74) is 5.45. The molecule has 3 aromatic carbocycles. The summed E-state index contributed by atoms with van der Waals surface area (Å²) >= 11 is 0. The molecule has 4 nitrogen and oxygen atoms in total. The van der Waals surface area contributed by atoms with Gasteiger partial charge in [0.1, 0.15) is 12.4 Å². The number of methoxy groups -OCH3 is 1. The Hall–Kier alpha value is -3.53. The van der Waals surface area contributed by atoms with Crippen LogP contribution < -0.4 is 9.47 Å². The minimum Gasteiger partial charge on any atom is -0.493 e. The molecule has 0 atom stereocenters. The maximum atomic E-state index is 5.96. The topological polar surface area (TPSA) is 47.1 Å². The maximum Gasteiger partial charge on any atom is 0.161 e. The van der Waals surface area contributed by atoms with Gasteiger partial charge in [-0.05, 0) is 34.7 Å². The Kier molecular flexibility index (Phi) is 5.81. The van der Waals surface area contributed by atoms with E-state index in [1.807, 2.05) is 54.7 Å². The van der Waals surface area contributed by atoms with E-state index in [0.29, 0.717) is 18.1 Å². The number of H-pyrrole nitrogens is 1. The van der Waals surface area contributed by atoms with Crippen LogP contribution in [0.4, 0.5) is 0 Å². The molecule has 0 aliphatic heterocycles. The van der Waals surface area contributed by atoms with Gasteiger partial charge in [-0.2, -0.15) is 0 Å². The Morgan fingerprint density at radius 1 is 0.839 bits per heavy atom. The van der Waals surface area contributed by atoms with Crippen LogP contribution in [-0.2, 0) is 12.0 Å². The van der Waals surface area contributed by atoms with Crippen LogP contribution in [0.25, 0.3) is 22.6 Å². The lowest BCUT2D eigenvalue weighted by Gasteiger charge is -2.18. The standard InChI is InChI=1S/C27H28N2O2/c1-27(2,3)22-13-10-20(11-14-22)26-28-17-23(29-26)21-12-15-24(25(16-21)30-4)31-18-19-8-6-5-7-9-19/h5-17H,18H2,1-4H3,(H,28,29). The third kappa shape index (κ3) is 4.80. The minimum absolute atomic E-state index is 0.133. The number of nitrogens with one attached hydrogen (secondary N) is 1. The summed E-state index contributed by atoms with van der Waals surface area (Å²) in [7, 11) is 1.65. The molecule has 1 N–H and O–H groups in total. The average Bonchev–Trinajstić information content (AvgIpc) is 3.28. The number of aromatic amines is 1. The predicted octanol–water partition coefficient (Wildman–Crippen LogP) is 6.63. The minimum atomic E-state index is 0.133. The molecule has 0 saturated carbocycles. The summed E-state index contributed by atoms with van der Waals surface area (Å²) in [6.07, 6.45) is 1.92. The van der Waals surface area contributed by atoms with Gasteiger partial charge in [0.15, 0.2) is 11.5 Å². The van der Waals surface area contributed by atoms with Crippen molar-refractivity contribution in [2.75, 3.05) is 7.11 Å². The number of nitrogens with zero attached hydrogens (tertiary/aromatic N) is 1. The number of hydrogen-bond acceptors (Lipinski definition) is 3. The van der Waals surface area contributed by atoms with Crippen molar-refractivity contribution in [3.8, 4) is 34.1 Å². The van der Waals surface area contributed by atoms with Crippen molar-refractivity contribution in [1.82, 2.24) is 9.97 Å². The number of ether oxygens (including phenoxy) is 2. The second-order valence-electron chi connectivity index (χ2n) is 8.60. The van der Waals surface area contributed by atoms with E-state index >= 15 is 0 Å². The molecular formula is C27H28N2O2. The van der Waals surface area contributed by atoms with E-state index in [2.05, 4.69) is 50.0 Å². The first-order valence-corrected chi connectivity index (χ1v) is 10.5. The van der Waals surface area contributed by atoms with E-state index in [1.54, 1.807) is 7.11 Å². The summed E-state index contributed by atoms with van der Waals surface area (Å²) in [6, 6.07) is 24.6. The highest BCUT2D eigenvalue weighted by Crippen LogP contribution is 2.33. The summed E-state index contributed by atoms with van der Waals surface area (Å²) in [5.74, 6) is 2.25. The first kappa shape index (κ1) is 20.7. The summed E-state index contributed by atoms with van der Waals surface area (Å²) in [4.78, 5) is 8.08. The molecule has 1 aromatic heterocycles. The third-order valence-corrected chi connectivity index (χ3v) is 5.30. The van der Waals surface area contributed by atoms with Gasteiger partial charge in [0.05, 0.1) is 12.8 Å². The molecule has 158 valence electrons. The van der Waals surface area contributed by atoms with Gasteiger partial charge >= 0.3 is 0 Å². The van der Waals surface area contributed by atoms with Crippen molar-refractivity contribution in [3.63, 3.8) is 0 Å². The smallest absolute Gasteiger partial charge is 0.161 e. The Morgan fingerprint density at radius 2 is 1.55 bits per heavy atom. The van der Waals surface area contributed by atoms with Gasteiger partial charge in [0.25, 0.3) is 0 Å². The molecule has 0 unspecified atom stereocenters. The van der Waals surface area contributed by atoms with Crippen molar-refractivity contribution in [1.29, 1.82) is 0 Å². The number of benzene rings is 3. The lowest BCUT2D eigenvalue weighted by atomic mass is 9.87. The van der Waals surface area contributed by atoms with Gasteiger partial charge in [-0.3, -0.25) is 0 Å². The van der Waals surface area contributed by atoms with E-state index in [-0.39, 0.29) is 5.41 Å². The molecular weight excluding hydrogens is 384 g/mol. The zero-order valence-corrected chi connectivity index (χ0v) is 18.5. The zero-order chi connectivity index (χ0) is 21.8. The third-order valence-electron chi connectivity index (χ3n) is 5.30. The Bertz CT molecular complexity index is 1140. The molecule has 0 fully saturated rings. The second-order valence-corrected chi connectivity index (χ2v) is 8.60. The average molecular weight is 413 g/mol. The molecule has 31 heavy (non-hydrogen) atoms. The van der Waals surface area contributed by atoms with Gasteiger partial charge in [-0.1, -0.05) is 75.4 Å². The van der Waals surface area contributed by atoms with E-state index in [4.69, 9.17) is 14.5 Å². The van der Waals surface area contributed by atoms with Crippen molar-refractivity contribution in [2.24, 2.45) is 0 Å². The molecule has 0 aliphatic rings. The maximum absolute atomic E-state index is 5.96. The summed E-state index contributed by atoms with van der Waals surface area (Å²) < 4.78 is 11.5. The first-order chi connectivity index (χ1) is 14.9. The van der Waals surface area contributed by atoms with Crippen LogP contribution in [0.2, 0.25) is 0 Å². The number of imidazole rings is 1. The number of aromatic nitrogens is 2. The van der Waals surface area contributed by atoms with Gasteiger partial charge in [0, 0.05) is 17.3 Å². The van der Waals surface area contributed by atoms with Crippen LogP contribution in [-0.4, -0.2) is 17.1 Å². The highest BCUT2D eigenvalue weighted by molar-refractivity contribution is 5.67. The normalized spacial score (nSPS) is 11.4. The van der Waals surface area contributed by atoms with Crippen molar-refractivity contribution >= 4 is 0 Å². The molecule has 0 bridgehead atoms. The Balaban J connectivity index is 1.53. The van der Waals surface area contributed by atoms with E-state index < -0.39 is 0 Å². The number of rotatable bonds is 6. The van der Waals surface area contributed by atoms with E-state index in [9.17, 15) is 0 Å². The van der Waals surface area contributed by atoms with E-state index in [0.717, 1.165) is 28.2 Å². The monoisotopic (exact) mass is 412 g/mol. The van der Waals surface area contributed by atoms with Crippen molar-refractivity contribution in [3.05, 3.63) is 90.1 Å². The lowest BCUT2D eigenvalue weighted by Crippen LogP contribution is -2.10. The fraction of sp³-hybridized carbons (Fsp3) is 0.222. The quantitative estimate of drug-likeness (QED) is 0.387. The highest BCUT2D eigenvalue weighted by Gasteiger charge is 2.14. The van der Waals surface area contributed by atoms with Crippen LogP contribution in [0, 0.1) is 0 Å². The molecule has 0 spiro atoms. The fourth-order valence-corrected chi connectivity index (χ4v) is 3.43. The predicted molar refractivity (Wildman–Crippen MR) is 125 cm³/mol. The van der Waals surface area contributed by atoms with Crippen LogP contribution >= 0.6 is 0 Å². The van der Waals surface area contributed by atoms with Gasteiger partial charge in [-0.15, -0.1) is 0 Å². The molecule has 1 heterocycles. The van der Waals surface area contributed by atoms with Gasteiger partial charge in [0.2, 0.25) is 0 Å². The van der Waals surface area contributed by atoms with Gasteiger partial charge in [-0.25, -0.2) is 4.98 Å². The molecule has 4 rings (SSSR count). The molecule has 4 heteroatoms. The Morgan fingerprint density at radius 3 is 2.23 bits per heavy atom. The Labute approximate surface area is 183 Å². The van der Waals surface area contributed by atoms with Crippen molar-refractivity contribution < 1.29 is 9.47 Å². The SMILES string of the molecule is COc1cc(-c2c[nH]c(-c3ccc(C(C)(C)C)cc3)n2)ccc1OCc1ccccc1. The van der Waals surface area contributed by atoms with Crippen molar-refractivity contribution in [2.45, 2.75) is 32.8 Å². The van der Waals surface area contributed by atoms with E-state index in [1.165, 1.54) is 5.56 Å². The summed E-state index contributed by atoms with van der Waals surface area (Å²) in [6.45, 7) is 7.14. The molecule has 0 saturated heterocycles. The largest absolute Gasteiger partial charge is 0.493 e. The molecule has 4 aromatic rings. The first-order valence-electron chi connectivity index (χ1n) is 10.5. The van der Waals surface area contributed by atoms with Crippen LogP contribution in [0.5, 0.6) is 11.5 Å². The number of hydrogen-bond donors (Lipinski definition) is 1. The highest BCUT2D eigenvalue weighted by atomic mass is 16.5. The lowest BCUT2D eigenvalue weighted by molar-refractivity contribution is 0.284. The second kappa shape index (κ2) is 8.68. The molecule has 0 radical (unpaired) electrons. The summed E-state index contributed by atoms with van der Waals surface area (Å²) in [5, 5.41) is 0. The zero-order valence-electron chi connectivity index (χ0n) is 18.5. The van der Waals surface area contributed by atoms with Crippen LogP contribution in [0.1, 0.15) is 31.9 Å². The molecule has 0 aliphatic carbocycles. The van der Waals surface area contributed by atoms with Crippen LogP contribution in [0.3, 0.4) is 0 Å². The molecule has 0 amide bonds. The van der Waals surface area contributed by atoms with Gasteiger partial charge < -0.3 is 14.5 Å². The fourth-order valence-electron chi connectivity index (χ4n) is 3.43. The van der Waals surface area contributed by atoms with Crippen LogP contribution in [0.15, 0.2) is 79.0 Å².